The summed E-state index contributed by atoms with van der Waals surface area (Å²) in [4.78, 5) is 30.3. The number of amides is 2. The van der Waals surface area contributed by atoms with E-state index < -0.39 is 11.8 Å². The molecular weight excluding hydrogens is 340 g/mol. The number of hydrogen-bond acceptors (Lipinski definition) is 4. The van der Waals surface area contributed by atoms with Crippen molar-refractivity contribution in [3.05, 3.63) is 60.4 Å². The van der Waals surface area contributed by atoms with Crippen LogP contribution in [0, 0.1) is 5.92 Å². The van der Waals surface area contributed by atoms with Crippen molar-refractivity contribution in [1.29, 1.82) is 0 Å². The molecular formula is C21H26N4O2. The number of piperidine rings is 1. The van der Waals surface area contributed by atoms with Crippen molar-refractivity contribution >= 4 is 17.5 Å². The van der Waals surface area contributed by atoms with Gasteiger partial charge in [0.05, 0.1) is 11.9 Å². The quantitative estimate of drug-likeness (QED) is 0.764. The number of pyridine rings is 1. The summed E-state index contributed by atoms with van der Waals surface area (Å²) in [5.74, 6) is -0.699. The van der Waals surface area contributed by atoms with Gasteiger partial charge in [-0.25, -0.2) is 0 Å². The van der Waals surface area contributed by atoms with Gasteiger partial charge in [-0.15, -0.1) is 0 Å². The number of nitrogens with one attached hydrogen (secondary N) is 2. The number of rotatable bonds is 6. The lowest BCUT2D eigenvalue weighted by Crippen LogP contribution is -2.44. The molecule has 6 nitrogen and oxygen atoms in total. The zero-order valence-electron chi connectivity index (χ0n) is 15.4. The molecule has 1 aliphatic rings. The van der Waals surface area contributed by atoms with Gasteiger partial charge in [0.2, 0.25) is 0 Å². The first-order chi connectivity index (χ1) is 13.2. The SMILES string of the molecule is O=C(NCCc1ccccc1)C(=O)NCC1CCN(c2cccnc2)CC1. The molecule has 27 heavy (non-hydrogen) atoms. The zero-order valence-corrected chi connectivity index (χ0v) is 15.4. The highest BCUT2D eigenvalue weighted by Gasteiger charge is 2.21. The molecule has 1 aromatic carbocycles. The zero-order chi connectivity index (χ0) is 18.9. The summed E-state index contributed by atoms with van der Waals surface area (Å²) in [7, 11) is 0. The Bertz CT molecular complexity index is 728. The van der Waals surface area contributed by atoms with Gasteiger partial charge >= 0.3 is 11.8 Å². The molecule has 0 atom stereocenters. The molecule has 2 aromatic rings. The predicted molar refractivity (Wildman–Crippen MR) is 105 cm³/mol. The highest BCUT2D eigenvalue weighted by molar-refractivity contribution is 6.35. The number of nitrogens with zero attached hydrogens (tertiary/aromatic N) is 2. The van der Waals surface area contributed by atoms with Crippen LogP contribution in [0.3, 0.4) is 0 Å². The lowest BCUT2D eigenvalue weighted by molar-refractivity contribution is -0.139. The van der Waals surface area contributed by atoms with E-state index in [0.717, 1.165) is 37.2 Å². The van der Waals surface area contributed by atoms with E-state index in [2.05, 4.69) is 26.6 Å². The topological polar surface area (TPSA) is 74.3 Å². The third-order valence-electron chi connectivity index (χ3n) is 4.93. The second-order valence-electron chi connectivity index (χ2n) is 6.84. The van der Waals surface area contributed by atoms with Crippen molar-refractivity contribution in [2.75, 3.05) is 31.1 Å². The number of benzene rings is 1. The number of aromatic nitrogens is 1. The fraction of sp³-hybridized carbons (Fsp3) is 0.381. The molecule has 1 fully saturated rings. The van der Waals surface area contributed by atoms with E-state index in [1.54, 1.807) is 6.20 Å². The Balaban J connectivity index is 1.32. The second kappa shape index (κ2) is 9.71. The number of hydrogen-bond donors (Lipinski definition) is 2. The molecule has 6 heteroatoms. The lowest BCUT2D eigenvalue weighted by Gasteiger charge is -2.33. The van der Waals surface area contributed by atoms with Gasteiger partial charge in [0, 0.05) is 32.4 Å². The molecule has 0 radical (unpaired) electrons. The first kappa shape index (κ1) is 18.9. The number of carbonyl (C=O) groups is 2. The van der Waals surface area contributed by atoms with Crippen LogP contribution in [-0.2, 0) is 16.0 Å². The van der Waals surface area contributed by atoms with Gasteiger partial charge in [0.25, 0.3) is 0 Å². The summed E-state index contributed by atoms with van der Waals surface area (Å²) in [5.41, 5.74) is 2.27. The van der Waals surface area contributed by atoms with Gasteiger partial charge in [-0.3, -0.25) is 14.6 Å². The Morgan fingerprint density at radius 2 is 1.74 bits per heavy atom. The average Bonchev–Trinajstić information content (AvgIpc) is 2.73. The summed E-state index contributed by atoms with van der Waals surface area (Å²) in [6, 6.07) is 13.9. The van der Waals surface area contributed by atoms with Crippen LogP contribution in [0.15, 0.2) is 54.9 Å². The van der Waals surface area contributed by atoms with E-state index in [9.17, 15) is 9.59 Å². The van der Waals surface area contributed by atoms with Crippen LogP contribution in [-0.4, -0.2) is 43.0 Å². The van der Waals surface area contributed by atoms with Gasteiger partial charge in [0.1, 0.15) is 0 Å². The Kier molecular flexibility index (Phi) is 6.79. The molecule has 3 rings (SSSR count). The maximum atomic E-state index is 12.0. The molecule has 2 heterocycles. The van der Waals surface area contributed by atoms with Crippen molar-refractivity contribution in [1.82, 2.24) is 15.6 Å². The van der Waals surface area contributed by atoms with Crippen LogP contribution in [0.1, 0.15) is 18.4 Å². The Labute approximate surface area is 160 Å². The van der Waals surface area contributed by atoms with E-state index in [1.165, 1.54) is 0 Å². The van der Waals surface area contributed by atoms with Crippen LogP contribution >= 0.6 is 0 Å². The van der Waals surface area contributed by atoms with Crippen LogP contribution < -0.4 is 15.5 Å². The summed E-state index contributed by atoms with van der Waals surface area (Å²) in [5, 5.41) is 5.45. The maximum Gasteiger partial charge on any atom is 0.309 e. The van der Waals surface area contributed by atoms with Gasteiger partial charge in [-0.1, -0.05) is 30.3 Å². The van der Waals surface area contributed by atoms with Crippen molar-refractivity contribution in [3.63, 3.8) is 0 Å². The fourth-order valence-electron chi connectivity index (χ4n) is 3.30. The minimum atomic E-state index is -0.557. The van der Waals surface area contributed by atoms with Crippen LogP contribution in [0.4, 0.5) is 5.69 Å². The Hall–Kier alpha value is -2.89. The number of carbonyl (C=O) groups excluding carboxylic acids is 2. The first-order valence-corrected chi connectivity index (χ1v) is 9.47. The van der Waals surface area contributed by atoms with Crippen molar-refractivity contribution < 1.29 is 9.59 Å². The molecule has 2 N–H and O–H groups in total. The monoisotopic (exact) mass is 366 g/mol. The maximum absolute atomic E-state index is 12.0. The van der Waals surface area contributed by atoms with Crippen molar-refractivity contribution in [3.8, 4) is 0 Å². The molecule has 2 amide bonds. The van der Waals surface area contributed by atoms with E-state index in [0.29, 0.717) is 25.4 Å². The highest BCUT2D eigenvalue weighted by Crippen LogP contribution is 2.21. The van der Waals surface area contributed by atoms with Gasteiger partial charge in [0.15, 0.2) is 0 Å². The smallest absolute Gasteiger partial charge is 0.309 e. The standard InChI is InChI=1S/C21H26N4O2/c26-20(23-12-8-17-5-2-1-3-6-17)21(27)24-15-18-9-13-25(14-10-18)19-7-4-11-22-16-19/h1-7,11,16,18H,8-10,12-15H2,(H,23,26)(H,24,27). The highest BCUT2D eigenvalue weighted by atomic mass is 16.2. The lowest BCUT2D eigenvalue weighted by atomic mass is 9.96. The summed E-state index contributed by atoms with van der Waals surface area (Å²) >= 11 is 0. The van der Waals surface area contributed by atoms with Gasteiger partial charge in [-0.05, 0) is 42.9 Å². The molecule has 1 saturated heterocycles. The second-order valence-corrected chi connectivity index (χ2v) is 6.84. The Morgan fingerprint density at radius 1 is 1.00 bits per heavy atom. The van der Waals surface area contributed by atoms with E-state index >= 15 is 0 Å². The van der Waals surface area contributed by atoms with Crippen LogP contribution in [0.25, 0.3) is 0 Å². The van der Waals surface area contributed by atoms with Crippen LogP contribution in [0.2, 0.25) is 0 Å². The largest absolute Gasteiger partial charge is 0.370 e. The average molecular weight is 366 g/mol. The fourth-order valence-corrected chi connectivity index (χ4v) is 3.30. The minimum absolute atomic E-state index is 0.402. The van der Waals surface area contributed by atoms with Gasteiger partial charge < -0.3 is 15.5 Å². The molecule has 0 bridgehead atoms. The minimum Gasteiger partial charge on any atom is -0.370 e. The molecule has 142 valence electrons. The molecule has 0 unspecified atom stereocenters. The summed E-state index contributed by atoms with van der Waals surface area (Å²) in [6.45, 7) is 2.89. The predicted octanol–water partition coefficient (Wildman–Crippen LogP) is 1.77. The molecule has 0 saturated carbocycles. The first-order valence-electron chi connectivity index (χ1n) is 9.47. The molecule has 0 spiro atoms. The van der Waals surface area contributed by atoms with Gasteiger partial charge in [-0.2, -0.15) is 0 Å². The van der Waals surface area contributed by atoms with E-state index in [1.807, 2.05) is 42.6 Å². The van der Waals surface area contributed by atoms with E-state index in [4.69, 9.17) is 0 Å². The van der Waals surface area contributed by atoms with Crippen LogP contribution in [0.5, 0.6) is 0 Å². The number of anilines is 1. The molecule has 1 aliphatic heterocycles. The van der Waals surface area contributed by atoms with Crippen molar-refractivity contribution in [2.45, 2.75) is 19.3 Å². The molecule has 0 aliphatic carbocycles. The summed E-state index contributed by atoms with van der Waals surface area (Å²) in [6.07, 6.45) is 6.35. The Morgan fingerprint density at radius 3 is 2.44 bits per heavy atom. The van der Waals surface area contributed by atoms with E-state index in [-0.39, 0.29) is 0 Å². The third kappa shape index (κ3) is 5.81. The summed E-state index contributed by atoms with van der Waals surface area (Å²) < 4.78 is 0. The third-order valence-corrected chi connectivity index (χ3v) is 4.93. The normalized spacial score (nSPS) is 14.6. The van der Waals surface area contributed by atoms with Crippen molar-refractivity contribution in [2.24, 2.45) is 5.92 Å². The molecule has 1 aromatic heterocycles.